The van der Waals surface area contributed by atoms with Gasteiger partial charge in [-0.05, 0) is 50.5 Å². The summed E-state index contributed by atoms with van der Waals surface area (Å²) >= 11 is 0. The average molecular weight is 457 g/mol. The molecule has 0 radical (unpaired) electrons. The fraction of sp³-hybridized carbons (Fsp3) is 0.304. The minimum absolute atomic E-state index is 0.132. The van der Waals surface area contributed by atoms with E-state index < -0.39 is 17.6 Å². The number of pyridine rings is 1. The third-order valence-electron chi connectivity index (χ3n) is 5.60. The molecule has 1 saturated heterocycles. The maximum atomic E-state index is 13.0. The van der Waals surface area contributed by atoms with Gasteiger partial charge in [0.1, 0.15) is 0 Å². The van der Waals surface area contributed by atoms with Crippen LogP contribution in [0.15, 0.2) is 48.8 Å². The summed E-state index contributed by atoms with van der Waals surface area (Å²) in [6, 6.07) is 8.90. The smallest absolute Gasteiger partial charge is 0.339 e. The number of anilines is 1. The third kappa shape index (κ3) is 4.74. The Morgan fingerprint density at radius 1 is 0.970 bits per heavy atom. The van der Waals surface area contributed by atoms with Gasteiger partial charge < -0.3 is 10.2 Å². The van der Waals surface area contributed by atoms with Crippen molar-refractivity contribution in [1.82, 2.24) is 19.7 Å². The Labute approximate surface area is 188 Å². The van der Waals surface area contributed by atoms with E-state index in [1.54, 1.807) is 36.1 Å². The van der Waals surface area contributed by atoms with Gasteiger partial charge in [-0.3, -0.25) is 9.59 Å². The molecule has 33 heavy (non-hydrogen) atoms. The molecule has 1 aliphatic rings. The summed E-state index contributed by atoms with van der Waals surface area (Å²) in [6.07, 6.45) is 0.555. The van der Waals surface area contributed by atoms with Crippen molar-refractivity contribution >= 4 is 17.5 Å². The second-order valence-corrected chi connectivity index (χ2v) is 7.81. The number of rotatable bonds is 4. The normalized spacial score (nSPS) is 14.2. The van der Waals surface area contributed by atoms with E-state index in [0.29, 0.717) is 30.0 Å². The Bertz CT molecular complexity index is 1170. The zero-order valence-electron chi connectivity index (χ0n) is 17.9. The van der Waals surface area contributed by atoms with Crippen molar-refractivity contribution in [3.8, 4) is 5.82 Å². The fourth-order valence-electron chi connectivity index (χ4n) is 3.78. The number of carbonyl (C=O) groups is 2. The Balaban J connectivity index is 1.55. The SMILES string of the molecule is Cc1c(C(=O)Nc2ccccc2C(=O)N2CCCCC2)cnn1-c1ccc(C(F)(F)F)cn1. The maximum Gasteiger partial charge on any atom is 0.417 e. The average Bonchev–Trinajstić information content (AvgIpc) is 3.20. The first-order valence-corrected chi connectivity index (χ1v) is 10.5. The lowest BCUT2D eigenvalue weighted by Gasteiger charge is -2.27. The van der Waals surface area contributed by atoms with Crippen LogP contribution in [0.3, 0.4) is 0 Å². The summed E-state index contributed by atoms with van der Waals surface area (Å²) in [4.78, 5) is 31.5. The largest absolute Gasteiger partial charge is 0.417 e. The van der Waals surface area contributed by atoms with E-state index in [1.165, 1.54) is 16.9 Å². The van der Waals surface area contributed by atoms with Crippen LogP contribution in [0.1, 0.15) is 51.2 Å². The molecule has 3 heterocycles. The van der Waals surface area contributed by atoms with E-state index in [1.807, 2.05) is 0 Å². The Kier molecular flexibility index (Phi) is 6.17. The lowest BCUT2D eigenvalue weighted by atomic mass is 10.1. The first-order chi connectivity index (χ1) is 15.8. The van der Waals surface area contributed by atoms with Gasteiger partial charge >= 0.3 is 6.18 Å². The first kappa shape index (κ1) is 22.5. The fourth-order valence-corrected chi connectivity index (χ4v) is 3.78. The summed E-state index contributed by atoms with van der Waals surface area (Å²) in [6.45, 7) is 2.99. The minimum atomic E-state index is -4.49. The molecule has 0 unspecified atom stereocenters. The number of para-hydroxylation sites is 1. The number of halogens is 3. The molecule has 4 rings (SSSR count). The molecule has 172 valence electrons. The van der Waals surface area contributed by atoms with Gasteiger partial charge in [-0.15, -0.1) is 0 Å². The van der Waals surface area contributed by atoms with Crippen LogP contribution in [0.25, 0.3) is 5.82 Å². The highest BCUT2D eigenvalue weighted by molar-refractivity contribution is 6.09. The van der Waals surface area contributed by atoms with Crippen LogP contribution in [-0.4, -0.2) is 44.6 Å². The summed E-state index contributed by atoms with van der Waals surface area (Å²) in [5.74, 6) is -0.461. The predicted molar refractivity (Wildman–Crippen MR) is 115 cm³/mol. The molecular weight excluding hydrogens is 435 g/mol. The number of hydrogen-bond acceptors (Lipinski definition) is 4. The molecule has 2 amide bonds. The van der Waals surface area contributed by atoms with Gasteiger partial charge in [-0.2, -0.15) is 18.3 Å². The molecule has 1 aliphatic heterocycles. The zero-order chi connectivity index (χ0) is 23.6. The molecular formula is C23H22F3N5O2. The molecule has 7 nitrogen and oxygen atoms in total. The molecule has 0 spiro atoms. The summed E-state index contributed by atoms with van der Waals surface area (Å²) in [5, 5.41) is 6.88. The van der Waals surface area contributed by atoms with Crippen LogP contribution in [0.5, 0.6) is 0 Å². The monoisotopic (exact) mass is 457 g/mol. The standard InChI is InChI=1S/C23H22F3N5O2/c1-15-18(14-28-31(15)20-10-9-16(13-27-20)23(24,25)26)21(32)29-19-8-4-3-7-17(19)22(33)30-11-5-2-6-12-30/h3-4,7-10,13-14H,2,5-6,11-12H2,1H3,(H,29,32). The third-order valence-corrected chi connectivity index (χ3v) is 5.60. The summed E-state index contributed by atoms with van der Waals surface area (Å²) < 4.78 is 39.6. The predicted octanol–water partition coefficient (Wildman–Crippen LogP) is 4.47. The van der Waals surface area contributed by atoms with Crippen molar-refractivity contribution in [3.63, 3.8) is 0 Å². The number of benzene rings is 1. The van der Waals surface area contributed by atoms with E-state index >= 15 is 0 Å². The molecule has 1 aromatic carbocycles. The number of amides is 2. The molecule has 2 aromatic heterocycles. The Morgan fingerprint density at radius 2 is 1.70 bits per heavy atom. The molecule has 0 aliphatic carbocycles. The van der Waals surface area contributed by atoms with Crippen LogP contribution >= 0.6 is 0 Å². The van der Waals surface area contributed by atoms with Crippen LogP contribution in [0, 0.1) is 6.92 Å². The number of piperidine rings is 1. The molecule has 0 saturated carbocycles. The van der Waals surface area contributed by atoms with E-state index in [9.17, 15) is 22.8 Å². The van der Waals surface area contributed by atoms with E-state index in [4.69, 9.17) is 0 Å². The number of carbonyl (C=O) groups excluding carboxylic acids is 2. The van der Waals surface area contributed by atoms with Gasteiger partial charge in [0.15, 0.2) is 5.82 Å². The van der Waals surface area contributed by atoms with Crippen LogP contribution in [0.4, 0.5) is 18.9 Å². The lowest BCUT2D eigenvalue weighted by Crippen LogP contribution is -2.36. The van der Waals surface area contributed by atoms with Crippen molar-refractivity contribution < 1.29 is 22.8 Å². The first-order valence-electron chi connectivity index (χ1n) is 10.5. The van der Waals surface area contributed by atoms with Crippen molar-refractivity contribution in [2.75, 3.05) is 18.4 Å². The van der Waals surface area contributed by atoms with E-state index in [2.05, 4.69) is 15.4 Å². The molecule has 0 atom stereocenters. The second-order valence-electron chi connectivity index (χ2n) is 7.81. The van der Waals surface area contributed by atoms with Crippen molar-refractivity contribution in [1.29, 1.82) is 0 Å². The highest BCUT2D eigenvalue weighted by atomic mass is 19.4. The molecule has 1 fully saturated rings. The van der Waals surface area contributed by atoms with Crippen LogP contribution in [-0.2, 0) is 6.18 Å². The molecule has 10 heteroatoms. The maximum absolute atomic E-state index is 13.0. The van der Waals surface area contributed by atoms with E-state index in [0.717, 1.165) is 31.5 Å². The second kappa shape index (κ2) is 9.05. The quantitative estimate of drug-likeness (QED) is 0.627. The number of hydrogen-bond donors (Lipinski definition) is 1. The van der Waals surface area contributed by atoms with Gasteiger partial charge in [0.2, 0.25) is 0 Å². The van der Waals surface area contributed by atoms with Gasteiger partial charge in [0.05, 0.1) is 34.3 Å². The van der Waals surface area contributed by atoms with Crippen molar-refractivity contribution in [2.45, 2.75) is 32.4 Å². The zero-order valence-corrected chi connectivity index (χ0v) is 17.9. The number of aromatic nitrogens is 3. The van der Waals surface area contributed by atoms with Gasteiger partial charge in [0, 0.05) is 19.3 Å². The molecule has 1 N–H and O–H groups in total. The Hall–Kier alpha value is -3.69. The highest BCUT2D eigenvalue weighted by Gasteiger charge is 2.31. The summed E-state index contributed by atoms with van der Waals surface area (Å²) in [7, 11) is 0. The lowest BCUT2D eigenvalue weighted by molar-refractivity contribution is -0.137. The number of nitrogens with zero attached hydrogens (tertiary/aromatic N) is 4. The van der Waals surface area contributed by atoms with Crippen molar-refractivity contribution in [3.05, 3.63) is 71.2 Å². The highest BCUT2D eigenvalue weighted by Crippen LogP contribution is 2.29. The molecule has 0 bridgehead atoms. The van der Waals surface area contributed by atoms with E-state index in [-0.39, 0.29) is 17.3 Å². The summed E-state index contributed by atoms with van der Waals surface area (Å²) in [5.41, 5.74) is 0.542. The van der Waals surface area contributed by atoms with Gasteiger partial charge in [-0.1, -0.05) is 12.1 Å². The van der Waals surface area contributed by atoms with Gasteiger partial charge in [0.25, 0.3) is 11.8 Å². The topological polar surface area (TPSA) is 80.1 Å². The minimum Gasteiger partial charge on any atom is -0.339 e. The molecule has 3 aromatic rings. The van der Waals surface area contributed by atoms with Crippen LogP contribution in [0.2, 0.25) is 0 Å². The number of likely N-dealkylation sites (tertiary alicyclic amines) is 1. The van der Waals surface area contributed by atoms with Gasteiger partial charge in [-0.25, -0.2) is 9.67 Å². The van der Waals surface area contributed by atoms with Crippen molar-refractivity contribution in [2.24, 2.45) is 0 Å². The number of alkyl halides is 3. The number of nitrogens with one attached hydrogen (secondary N) is 1. The Morgan fingerprint density at radius 3 is 2.36 bits per heavy atom. The van der Waals surface area contributed by atoms with Crippen LogP contribution < -0.4 is 5.32 Å².